The van der Waals surface area contributed by atoms with E-state index in [9.17, 15) is 0 Å². The largest absolute Gasteiger partial charge is 0.481 e. The fourth-order valence-electron chi connectivity index (χ4n) is 2.28. The predicted octanol–water partition coefficient (Wildman–Crippen LogP) is 2.41. The molecule has 0 saturated carbocycles. The van der Waals surface area contributed by atoms with Crippen LogP contribution in [0.25, 0.3) is 0 Å². The molecule has 1 N–H and O–H groups in total. The van der Waals surface area contributed by atoms with Crippen LogP contribution in [0.4, 0.5) is 0 Å². The lowest BCUT2D eigenvalue weighted by Crippen LogP contribution is -2.19. The lowest BCUT2D eigenvalue weighted by Gasteiger charge is -2.17. The Balaban J connectivity index is 1.97. The molecule has 21 heavy (non-hydrogen) atoms. The zero-order valence-electron chi connectivity index (χ0n) is 13.5. The Labute approximate surface area is 126 Å². The van der Waals surface area contributed by atoms with Gasteiger partial charge in [-0.25, -0.2) is 4.98 Å². The van der Waals surface area contributed by atoms with Gasteiger partial charge in [0.05, 0.1) is 12.8 Å². The molecule has 2 aromatic heterocycles. The number of rotatable bonds is 5. The van der Waals surface area contributed by atoms with Gasteiger partial charge in [0.1, 0.15) is 0 Å². The first-order valence-corrected chi connectivity index (χ1v) is 7.13. The number of aryl methyl sites for hydroxylation is 1. The van der Waals surface area contributed by atoms with Crippen LogP contribution in [0.15, 0.2) is 24.5 Å². The van der Waals surface area contributed by atoms with E-state index < -0.39 is 0 Å². The summed E-state index contributed by atoms with van der Waals surface area (Å²) in [7, 11) is 3.59. The topological polar surface area (TPSA) is 52.0 Å². The van der Waals surface area contributed by atoms with Crippen molar-refractivity contribution < 1.29 is 4.74 Å². The van der Waals surface area contributed by atoms with Crippen LogP contribution in [0.3, 0.4) is 0 Å². The van der Waals surface area contributed by atoms with Crippen molar-refractivity contribution in [1.82, 2.24) is 20.1 Å². The highest BCUT2D eigenvalue weighted by molar-refractivity contribution is 5.24. The van der Waals surface area contributed by atoms with E-state index in [2.05, 4.69) is 42.4 Å². The molecule has 0 bridgehead atoms. The lowest BCUT2D eigenvalue weighted by molar-refractivity contribution is 0.397. The molecule has 0 aliphatic rings. The SMILES string of the molecule is COc1ccc(CNCc2cn(C)nc2C(C)(C)C)cn1. The molecule has 0 spiro atoms. The number of methoxy groups -OCH3 is 1. The number of nitrogens with one attached hydrogen (secondary N) is 1. The van der Waals surface area contributed by atoms with E-state index in [1.807, 2.05) is 30.1 Å². The minimum atomic E-state index is 0.0555. The summed E-state index contributed by atoms with van der Waals surface area (Å²) < 4.78 is 6.94. The number of hydrogen-bond acceptors (Lipinski definition) is 4. The summed E-state index contributed by atoms with van der Waals surface area (Å²) in [6.45, 7) is 8.13. The molecule has 114 valence electrons. The maximum atomic E-state index is 5.06. The van der Waals surface area contributed by atoms with Gasteiger partial charge in [-0.1, -0.05) is 26.8 Å². The smallest absolute Gasteiger partial charge is 0.212 e. The van der Waals surface area contributed by atoms with Crippen LogP contribution >= 0.6 is 0 Å². The minimum Gasteiger partial charge on any atom is -0.481 e. The summed E-state index contributed by atoms with van der Waals surface area (Å²) in [5.74, 6) is 0.640. The molecule has 0 fully saturated rings. The number of aromatic nitrogens is 3. The van der Waals surface area contributed by atoms with Gasteiger partial charge in [-0.05, 0) is 5.56 Å². The van der Waals surface area contributed by atoms with Gasteiger partial charge in [0.15, 0.2) is 0 Å². The summed E-state index contributed by atoms with van der Waals surface area (Å²) in [4.78, 5) is 4.21. The summed E-state index contributed by atoms with van der Waals surface area (Å²) in [6.07, 6.45) is 3.92. The Morgan fingerprint density at radius 2 is 2.00 bits per heavy atom. The van der Waals surface area contributed by atoms with Crippen molar-refractivity contribution >= 4 is 0 Å². The Morgan fingerprint density at radius 3 is 2.57 bits per heavy atom. The second kappa shape index (κ2) is 6.26. The third kappa shape index (κ3) is 4.04. The van der Waals surface area contributed by atoms with Crippen molar-refractivity contribution in [1.29, 1.82) is 0 Å². The summed E-state index contributed by atoms with van der Waals surface area (Å²) in [5.41, 5.74) is 3.58. The second-order valence-electron chi connectivity index (χ2n) is 6.24. The van der Waals surface area contributed by atoms with E-state index in [1.165, 1.54) is 5.56 Å². The van der Waals surface area contributed by atoms with Crippen LogP contribution in [0, 0.1) is 0 Å². The van der Waals surface area contributed by atoms with Crippen LogP contribution in [0.5, 0.6) is 5.88 Å². The van der Waals surface area contributed by atoms with Gasteiger partial charge in [-0.15, -0.1) is 0 Å². The highest BCUT2D eigenvalue weighted by Crippen LogP contribution is 2.24. The number of nitrogens with zero attached hydrogens (tertiary/aromatic N) is 3. The van der Waals surface area contributed by atoms with Crippen molar-refractivity contribution in [2.24, 2.45) is 7.05 Å². The molecule has 0 aromatic carbocycles. The molecule has 5 nitrogen and oxygen atoms in total. The molecule has 0 aliphatic carbocycles. The van der Waals surface area contributed by atoms with Gasteiger partial charge in [0.25, 0.3) is 0 Å². The van der Waals surface area contributed by atoms with Crippen molar-refractivity contribution in [3.05, 3.63) is 41.3 Å². The average molecular weight is 288 g/mol. The molecule has 2 rings (SSSR count). The zero-order valence-corrected chi connectivity index (χ0v) is 13.5. The van der Waals surface area contributed by atoms with E-state index in [4.69, 9.17) is 4.74 Å². The maximum absolute atomic E-state index is 5.06. The van der Waals surface area contributed by atoms with Gasteiger partial charge in [0.2, 0.25) is 5.88 Å². The third-order valence-corrected chi connectivity index (χ3v) is 3.27. The molecular formula is C16H24N4O. The molecule has 0 atom stereocenters. The molecule has 0 saturated heterocycles. The van der Waals surface area contributed by atoms with Crippen LogP contribution in [0.1, 0.15) is 37.6 Å². The third-order valence-electron chi connectivity index (χ3n) is 3.27. The molecule has 0 amide bonds. The average Bonchev–Trinajstić information content (AvgIpc) is 2.81. The summed E-state index contributed by atoms with van der Waals surface area (Å²) >= 11 is 0. The fraction of sp³-hybridized carbons (Fsp3) is 0.500. The zero-order chi connectivity index (χ0) is 15.5. The first kappa shape index (κ1) is 15.5. The fourth-order valence-corrected chi connectivity index (χ4v) is 2.28. The molecule has 2 heterocycles. The van der Waals surface area contributed by atoms with Gasteiger partial charge in [0, 0.05) is 49.6 Å². The van der Waals surface area contributed by atoms with Crippen LogP contribution < -0.4 is 10.1 Å². The van der Waals surface area contributed by atoms with E-state index in [0.29, 0.717) is 5.88 Å². The molecule has 0 unspecified atom stereocenters. The minimum absolute atomic E-state index is 0.0555. The van der Waals surface area contributed by atoms with Crippen molar-refractivity contribution in [2.75, 3.05) is 7.11 Å². The van der Waals surface area contributed by atoms with Crippen molar-refractivity contribution in [3.63, 3.8) is 0 Å². The Morgan fingerprint density at radius 1 is 1.24 bits per heavy atom. The van der Waals surface area contributed by atoms with Crippen LogP contribution in [-0.2, 0) is 25.6 Å². The van der Waals surface area contributed by atoms with E-state index in [-0.39, 0.29) is 5.41 Å². The first-order valence-electron chi connectivity index (χ1n) is 7.13. The van der Waals surface area contributed by atoms with Gasteiger partial charge in [-0.2, -0.15) is 5.10 Å². The lowest BCUT2D eigenvalue weighted by atomic mass is 9.89. The predicted molar refractivity (Wildman–Crippen MR) is 83.2 cm³/mol. The Bertz CT molecular complexity index is 581. The normalized spacial score (nSPS) is 11.7. The van der Waals surface area contributed by atoms with E-state index in [0.717, 1.165) is 24.3 Å². The van der Waals surface area contributed by atoms with Crippen LogP contribution in [-0.4, -0.2) is 21.9 Å². The monoisotopic (exact) mass is 288 g/mol. The first-order chi connectivity index (χ1) is 9.90. The second-order valence-corrected chi connectivity index (χ2v) is 6.24. The summed E-state index contributed by atoms with van der Waals surface area (Å²) in [6, 6.07) is 3.90. The quantitative estimate of drug-likeness (QED) is 0.918. The Kier molecular flexibility index (Phi) is 4.63. The number of ether oxygens (including phenoxy) is 1. The van der Waals surface area contributed by atoms with Crippen molar-refractivity contribution in [3.8, 4) is 5.88 Å². The standard InChI is InChI=1S/C16H24N4O/c1-16(2,3)15-13(11-20(4)19-15)10-17-8-12-6-7-14(21-5)18-9-12/h6-7,9,11,17H,8,10H2,1-5H3. The number of pyridine rings is 1. The molecular weight excluding hydrogens is 264 g/mol. The highest BCUT2D eigenvalue weighted by atomic mass is 16.5. The van der Waals surface area contributed by atoms with Gasteiger partial charge >= 0.3 is 0 Å². The molecule has 2 aromatic rings. The van der Waals surface area contributed by atoms with Gasteiger partial charge in [-0.3, -0.25) is 4.68 Å². The van der Waals surface area contributed by atoms with Gasteiger partial charge < -0.3 is 10.1 Å². The molecule has 0 aliphatic heterocycles. The Hall–Kier alpha value is -1.88. The summed E-state index contributed by atoms with van der Waals surface area (Å²) in [5, 5.41) is 8.03. The van der Waals surface area contributed by atoms with E-state index >= 15 is 0 Å². The van der Waals surface area contributed by atoms with E-state index in [1.54, 1.807) is 7.11 Å². The van der Waals surface area contributed by atoms with Crippen LogP contribution in [0.2, 0.25) is 0 Å². The molecule has 0 radical (unpaired) electrons. The molecule has 5 heteroatoms. The highest BCUT2D eigenvalue weighted by Gasteiger charge is 2.21. The maximum Gasteiger partial charge on any atom is 0.212 e. The number of hydrogen-bond donors (Lipinski definition) is 1. The van der Waals surface area contributed by atoms with Crippen molar-refractivity contribution in [2.45, 2.75) is 39.3 Å².